The van der Waals surface area contributed by atoms with Crippen LogP contribution in [0.3, 0.4) is 0 Å². The summed E-state index contributed by atoms with van der Waals surface area (Å²) in [4.78, 5) is 10.4. The van der Waals surface area contributed by atoms with E-state index in [1.807, 2.05) is 0 Å². The molecule has 0 aliphatic carbocycles. The number of likely N-dealkylation sites (N-methyl/N-ethyl adjacent to an activating group) is 1. The molecule has 0 bridgehead atoms. The molecule has 0 aliphatic rings. The second kappa shape index (κ2) is 5.77. The number of amides is 1. The number of quaternary nitrogens is 1. The highest BCUT2D eigenvalue weighted by Gasteiger charge is 2.05. The van der Waals surface area contributed by atoms with Crippen LogP contribution in [0.25, 0.3) is 0 Å². The Hall–Kier alpha value is 0.160. The molecule has 0 unspecified atom stereocenters. The summed E-state index contributed by atoms with van der Waals surface area (Å²) in [6.45, 7) is 3.27. The van der Waals surface area contributed by atoms with Gasteiger partial charge in [-0.15, -0.1) is 0 Å². The van der Waals surface area contributed by atoms with E-state index in [4.69, 9.17) is 0 Å². The molecule has 0 heterocycles. The van der Waals surface area contributed by atoms with Crippen LogP contribution in [0.2, 0.25) is 0 Å². The Bertz CT molecular complexity index is 120. The normalized spacial score (nSPS) is 10.2. The number of hydrogen-bond acceptors (Lipinski definition) is 1. The molecular formula is C7H17IN2O. The van der Waals surface area contributed by atoms with Gasteiger partial charge in [-0.1, -0.05) is 0 Å². The first-order valence-electron chi connectivity index (χ1n) is 3.47. The Morgan fingerprint density at radius 2 is 1.82 bits per heavy atom. The monoisotopic (exact) mass is 272 g/mol. The zero-order chi connectivity index (χ0) is 8.20. The van der Waals surface area contributed by atoms with Crippen molar-refractivity contribution < 1.29 is 33.3 Å². The molecule has 0 rings (SSSR count). The number of nitrogens with one attached hydrogen (secondary N) is 1. The van der Waals surface area contributed by atoms with Crippen LogP contribution in [0.5, 0.6) is 0 Å². The Balaban J connectivity index is 0. The molecule has 0 aliphatic heterocycles. The molecule has 1 N–H and O–H groups in total. The topological polar surface area (TPSA) is 29.1 Å². The third kappa shape index (κ3) is 13.2. The van der Waals surface area contributed by atoms with Gasteiger partial charge in [-0.05, 0) is 0 Å². The molecule has 0 spiro atoms. The van der Waals surface area contributed by atoms with Crippen molar-refractivity contribution in [1.82, 2.24) is 5.32 Å². The van der Waals surface area contributed by atoms with Crippen molar-refractivity contribution >= 4 is 5.91 Å². The van der Waals surface area contributed by atoms with E-state index in [-0.39, 0.29) is 29.9 Å². The summed E-state index contributed by atoms with van der Waals surface area (Å²) in [5.41, 5.74) is 0. The largest absolute Gasteiger partial charge is 1.00 e. The number of halogens is 1. The number of hydrogen-bond donors (Lipinski definition) is 1. The van der Waals surface area contributed by atoms with Crippen molar-refractivity contribution in [3.05, 3.63) is 0 Å². The van der Waals surface area contributed by atoms with Crippen LogP contribution >= 0.6 is 0 Å². The lowest BCUT2D eigenvalue weighted by molar-refractivity contribution is -0.869. The molecule has 4 heteroatoms. The molecular weight excluding hydrogens is 255 g/mol. The predicted octanol–water partition coefficient (Wildman–Crippen LogP) is -3.17. The van der Waals surface area contributed by atoms with Gasteiger partial charge in [0.05, 0.1) is 34.2 Å². The van der Waals surface area contributed by atoms with Crippen LogP contribution in [0.1, 0.15) is 6.92 Å². The molecule has 3 nitrogen and oxygen atoms in total. The fourth-order valence-electron chi connectivity index (χ4n) is 0.567. The molecule has 0 saturated carbocycles. The van der Waals surface area contributed by atoms with E-state index in [9.17, 15) is 4.79 Å². The van der Waals surface area contributed by atoms with Crippen molar-refractivity contribution in [3.63, 3.8) is 0 Å². The smallest absolute Gasteiger partial charge is 0.217 e. The van der Waals surface area contributed by atoms with Crippen molar-refractivity contribution in [1.29, 1.82) is 0 Å². The highest BCUT2D eigenvalue weighted by molar-refractivity contribution is 5.72. The van der Waals surface area contributed by atoms with Crippen molar-refractivity contribution in [2.75, 3.05) is 34.2 Å². The van der Waals surface area contributed by atoms with Crippen molar-refractivity contribution in [2.24, 2.45) is 0 Å². The quantitative estimate of drug-likeness (QED) is 0.426. The molecule has 0 aromatic rings. The number of carbonyl (C=O) groups is 1. The van der Waals surface area contributed by atoms with E-state index in [0.717, 1.165) is 17.6 Å². The van der Waals surface area contributed by atoms with Crippen LogP contribution in [0, 0.1) is 0 Å². The van der Waals surface area contributed by atoms with Crippen LogP contribution in [0.15, 0.2) is 0 Å². The maximum atomic E-state index is 10.4. The summed E-state index contributed by atoms with van der Waals surface area (Å²) in [6.07, 6.45) is 0. The summed E-state index contributed by atoms with van der Waals surface area (Å²) < 4.78 is 0.889. The minimum Gasteiger partial charge on any atom is -1.00 e. The zero-order valence-electron chi connectivity index (χ0n) is 7.65. The highest BCUT2D eigenvalue weighted by atomic mass is 127. The van der Waals surface area contributed by atoms with Crippen molar-refractivity contribution in [2.45, 2.75) is 6.92 Å². The number of rotatable bonds is 3. The number of nitrogens with zero attached hydrogens (tertiary/aromatic N) is 1. The van der Waals surface area contributed by atoms with Gasteiger partial charge in [0.1, 0.15) is 0 Å². The van der Waals surface area contributed by atoms with Gasteiger partial charge in [0.25, 0.3) is 0 Å². The number of carbonyl (C=O) groups excluding carboxylic acids is 1. The van der Waals surface area contributed by atoms with Crippen LogP contribution in [0.4, 0.5) is 0 Å². The van der Waals surface area contributed by atoms with Crippen molar-refractivity contribution in [3.8, 4) is 0 Å². The summed E-state index contributed by atoms with van der Waals surface area (Å²) in [5.74, 6) is 0.0495. The fourth-order valence-corrected chi connectivity index (χ4v) is 0.567. The molecule has 11 heavy (non-hydrogen) atoms. The standard InChI is InChI=1S/C7H16N2O.HI/c1-7(10)8-5-6-9(2,3)4;/h5-6H2,1-4H3;1H. The second-order valence-electron chi connectivity index (χ2n) is 3.50. The first kappa shape index (κ1) is 13.7. The molecule has 0 aromatic heterocycles. The van der Waals surface area contributed by atoms with Gasteiger partial charge in [0, 0.05) is 6.92 Å². The van der Waals surface area contributed by atoms with Gasteiger partial charge in [-0.2, -0.15) is 0 Å². The molecule has 68 valence electrons. The molecule has 0 aromatic carbocycles. The van der Waals surface area contributed by atoms with Gasteiger partial charge in [0.2, 0.25) is 5.91 Å². The predicted molar refractivity (Wildman–Crippen MR) is 41.6 cm³/mol. The summed E-state index contributed by atoms with van der Waals surface area (Å²) in [6, 6.07) is 0. The first-order chi connectivity index (χ1) is 4.42. The van der Waals surface area contributed by atoms with E-state index in [1.54, 1.807) is 0 Å². The Morgan fingerprint density at radius 3 is 2.09 bits per heavy atom. The fraction of sp³-hybridized carbons (Fsp3) is 0.857. The molecule has 0 saturated heterocycles. The third-order valence-electron chi connectivity index (χ3n) is 1.16. The van der Waals surface area contributed by atoms with Gasteiger partial charge in [0.15, 0.2) is 0 Å². The summed E-state index contributed by atoms with van der Waals surface area (Å²) in [7, 11) is 6.30. The van der Waals surface area contributed by atoms with Crippen LogP contribution in [-0.2, 0) is 4.79 Å². The van der Waals surface area contributed by atoms with Gasteiger partial charge >= 0.3 is 0 Å². The van der Waals surface area contributed by atoms with Crippen LogP contribution < -0.4 is 29.3 Å². The SMILES string of the molecule is CC(=O)NCC[N+](C)(C)C.[I-]. The molecule has 1 amide bonds. The minimum atomic E-state index is 0. The lowest BCUT2D eigenvalue weighted by atomic mass is 10.5. The van der Waals surface area contributed by atoms with Crippen LogP contribution in [-0.4, -0.2) is 44.6 Å². The average Bonchev–Trinajstić information content (AvgIpc) is 1.59. The van der Waals surface area contributed by atoms with E-state index in [2.05, 4.69) is 26.5 Å². The maximum Gasteiger partial charge on any atom is 0.217 e. The Morgan fingerprint density at radius 1 is 1.36 bits per heavy atom. The summed E-state index contributed by atoms with van der Waals surface area (Å²) >= 11 is 0. The molecule has 0 radical (unpaired) electrons. The summed E-state index contributed by atoms with van der Waals surface area (Å²) in [5, 5.41) is 2.75. The first-order valence-corrected chi connectivity index (χ1v) is 3.47. The lowest BCUT2D eigenvalue weighted by Gasteiger charge is -2.23. The molecule has 0 atom stereocenters. The second-order valence-corrected chi connectivity index (χ2v) is 3.50. The van der Waals surface area contributed by atoms with E-state index in [1.165, 1.54) is 6.92 Å². The zero-order valence-corrected chi connectivity index (χ0v) is 9.81. The van der Waals surface area contributed by atoms with E-state index < -0.39 is 0 Å². The average molecular weight is 272 g/mol. The van der Waals surface area contributed by atoms with E-state index >= 15 is 0 Å². The van der Waals surface area contributed by atoms with Gasteiger partial charge < -0.3 is 33.8 Å². The highest BCUT2D eigenvalue weighted by Crippen LogP contribution is 1.85. The van der Waals surface area contributed by atoms with E-state index in [0.29, 0.717) is 0 Å². The third-order valence-corrected chi connectivity index (χ3v) is 1.16. The minimum absolute atomic E-state index is 0. The Kier molecular flexibility index (Phi) is 7.20. The lowest BCUT2D eigenvalue weighted by Crippen LogP contribution is -3.00. The molecule has 0 fully saturated rings. The van der Waals surface area contributed by atoms with Gasteiger partial charge in [-0.25, -0.2) is 0 Å². The van der Waals surface area contributed by atoms with Gasteiger partial charge in [-0.3, -0.25) is 4.79 Å². The Labute approximate surface area is 85.8 Å². The maximum absolute atomic E-state index is 10.4.